The van der Waals surface area contributed by atoms with Crippen LogP contribution in [0.2, 0.25) is 0 Å². The van der Waals surface area contributed by atoms with Gasteiger partial charge < -0.3 is 21.1 Å². The Morgan fingerprint density at radius 3 is 2.39 bits per heavy atom. The fourth-order valence-electron chi connectivity index (χ4n) is 4.93. The maximum Gasteiger partial charge on any atom is 0.237 e. The van der Waals surface area contributed by atoms with Gasteiger partial charge in [-0.3, -0.25) is 4.79 Å². The number of para-hydroxylation sites is 1. The van der Waals surface area contributed by atoms with Crippen molar-refractivity contribution in [2.45, 2.75) is 57.2 Å². The van der Waals surface area contributed by atoms with Crippen LogP contribution in [0.25, 0.3) is 22.4 Å². The van der Waals surface area contributed by atoms with Gasteiger partial charge in [0.2, 0.25) is 5.91 Å². The molecule has 0 unspecified atom stereocenters. The third-order valence-corrected chi connectivity index (χ3v) is 7.04. The number of aromatic nitrogens is 4. The fourth-order valence-corrected chi connectivity index (χ4v) is 4.93. The third kappa shape index (κ3) is 5.89. The Kier molecular flexibility index (Phi) is 8.81. The van der Waals surface area contributed by atoms with Crippen molar-refractivity contribution in [1.82, 2.24) is 30.4 Å². The Morgan fingerprint density at radius 1 is 1.05 bits per heavy atom. The van der Waals surface area contributed by atoms with E-state index < -0.39 is 0 Å². The SMILES string of the molecule is CC[C@@H](NC)C(=O)NC1CCC(n2ncc3c(N)nc(-c4ccc(Oc5ccccc5)cc4)nc32)CC1.Cl. The molecule has 10 heteroatoms. The number of carbonyl (C=O) groups is 1. The smallest absolute Gasteiger partial charge is 0.237 e. The molecule has 1 saturated carbocycles. The minimum atomic E-state index is -0.148. The summed E-state index contributed by atoms with van der Waals surface area (Å²) in [5.41, 5.74) is 7.91. The van der Waals surface area contributed by atoms with Gasteiger partial charge in [0.15, 0.2) is 11.5 Å². The van der Waals surface area contributed by atoms with Crippen LogP contribution in [0.1, 0.15) is 45.1 Å². The molecule has 2 aromatic heterocycles. The maximum absolute atomic E-state index is 12.5. The third-order valence-electron chi connectivity index (χ3n) is 7.04. The Bertz CT molecular complexity index is 1350. The van der Waals surface area contributed by atoms with Crippen molar-refractivity contribution in [1.29, 1.82) is 0 Å². The van der Waals surface area contributed by atoms with E-state index in [1.807, 2.05) is 73.3 Å². The number of nitrogens with one attached hydrogen (secondary N) is 2. The summed E-state index contributed by atoms with van der Waals surface area (Å²) in [6.45, 7) is 2.01. The van der Waals surface area contributed by atoms with Crippen molar-refractivity contribution in [3.8, 4) is 22.9 Å². The molecule has 1 atom stereocenters. The number of benzene rings is 2. The minimum Gasteiger partial charge on any atom is -0.457 e. The molecule has 1 amide bonds. The number of carbonyl (C=O) groups excluding carboxylic acids is 1. The van der Waals surface area contributed by atoms with Crippen LogP contribution >= 0.6 is 12.4 Å². The number of hydrogen-bond acceptors (Lipinski definition) is 7. The Morgan fingerprint density at radius 2 is 1.74 bits per heavy atom. The number of rotatable bonds is 8. The van der Waals surface area contributed by atoms with Crippen molar-refractivity contribution in [3.05, 3.63) is 60.8 Å². The Hall–Kier alpha value is -3.69. The molecule has 1 fully saturated rings. The molecule has 0 bridgehead atoms. The quantitative estimate of drug-likeness (QED) is 0.294. The second-order valence-corrected chi connectivity index (χ2v) is 9.46. The van der Waals surface area contributed by atoms with Gasteiger partial charge in [-0.1, -0.05) is 25.1 Å². The van der Waals surface area contributed by atoms with Crippen LogP contribution < -0.4 is 21.1 Å². The molecule has 2 heterocycles. The van der Waals surface area contributed by atoms with Crippen LogP contribution in [0.3, 0.4) is 0 Å². The van der Waals surface area contributed by atoms with E-state index in [4.69, 9.17) is 15.5 Å². The molecule has 1 aliphatic rings. The van der Waals surface area contributed by atoms with Crippen LogP contribution in [0.5, 0.6) is 11.5 Å². The number of halogens is 1. The zero-order valence-electron chi connectivity index (χ0n) is 21.6. The van der Waals surface area contributed by atoms with E-state index in [1.54, 1.807) is 6.20 Å². The number of fused-ring (bicyclic) bond motifs is 1. The molecular weight excluding hydrogens is 502 g/mol. The molecule has 0 spiro atoms. The van der Waals surface area contributed by atoms with E-state index in [2.05, 4.69) is 20.7 Å². The van der Waals surface area contributed by atoms with Crippen LogP contribution in [-0.2, 0) is 4.79 Å². The van der Waals surface area contributed by atoms with Crippen LogP contribution in [0, 0.1) is 0 Å². The monoisotopic (exact) mass is 535 g/mol. The maximum atomic E-state index is 12.5. The summed E-state index contributed by atoms with van der Waals surface area (Å²) in [6.07, 6.45) is 6.12. The predicted molar refractivity (Wildman–Crippen MR) is 152 cm³/mol. The van der Waals surface area contributed by atoms with Crippen molar-refractivity contribution >= 4 is 35.2 Å². The molecular formula is C28H34ClN7O2. The van der Waals surface area contributed by atoms with Crippen molar-refractivity contribution in [2.75, 3.05) is 12.8 Å². The number of nitrogens with zero attached hydrogens (tertiary/aromatic N) is 4. The first-order chi connectivity index (χ1) is 18.1. The lowest BCUT2D eigenvalue weighted by molar-refractivity contribution is -0.124. The van der Waals surface area contributed by atoms with E-state index in [1.165, 1.54) is 0 Å². The highest BCUT2D eigenvalue weighted by atomic mass is 35.5. The molecule has 5 rings (SSSR count). The van der Waals surface area contributed by atoms with Gasteiger partial charge in [-0.15, -0.1) is 12.4 Å². The second kappa shape index (κ2) is 12.2. The summed E-state index contributed by atoms with van der Waals surface area (Å²) in [5.74, 6) is 2.55. The summed E-state index contributed by atoms with van der Waals surface area (Å²) in [4.78, 5) is 21.8. The van der Waals surface area contributed by atoms with E-state index in [-0.39, 0.29) is 36.4 Å². The highest BCUT2D eigenvalue weighted by Gasteiger charge is 2.27. The largest absolute Gasteiger partial charge is 0.457 e. The van der Waals surface area contributed by atoms with Gasteiger partial charge in [-0.2, -0.15) is 5.10 Å². The van der Waals surface area contributed by atoms with Gasteiger partial charge in [-0.25, -0.2) is 14.6 Å². The van der Waals surface area contributed by atoms with Crippen molar-refractivity contribution < 1.29 is 9.53 Å². The lowest BCUT2D eigenvalue weighted by atomic mass is 9.91. The van der Waals surface area contributed by atoms with Gasteiger partial charge in [0, 0.05) is 11.6 Å². The highest BCUT2D eigenvalue weighted by Crippen LogP contribution is 2.32. The lowest BCUT2D eigenvalue weighted by Gasteiger charge is -2.30. The number of likely N-dealkylation sites (N-methyl/N-ethyl adjacent to an activating group) is 1. The summed E-state index contributed by atoms with van der Waals surface area (Å²) < 4.78 is 7.87. The molecule has 9 nitrogen and oxygen atoms in total. The minimum absolute atomic E-state index is 0. The first-order valence-corrected chi connectivity index (χ1v) is 12.9. The molecule has 1 aliphatic carbocycles. The Labute approximate surface area is 228 Å². The Balaban J connectivity index is 0.00000336. The van der Waals surface area contributed by atoms with Crippen LogP contribution in [-0.4, -0.2) is 44.8 Å². The first-order valence-electron chi connectivity index (χ1n) is 12.9. The topological polar surface area (TPSA) is 120 Å². The molecule has 4 N–H and O–H groups in total. The van der Waals surface area contributed by atoms with Crippen molar-refractivity contribution in [3.63, 3.8) is 0 Å². The fraction of sp³-hybridized carbons (Fsp3) is 0.357. The summed E-state index contributed by atoms with van der Waals surface area (Å²) in [7, 11) is 1.82. The van der Waals surface area contributed by atoms with Crippen LogP contribution in [0.15, 0.2) is 60.8 Å². The van der Waals surface area contributed by atoms with Crippen molar-refractivity contribution in [2.24, 2.45) is 0 Å². The number of ether oxygens (including phenoxy) is 1. The average Bonchev–Trinajstić information content (AvgIpc) is 3.35. The van der Waals surface area contributed by atoms with E-state index in [0.29, 0.717) is 11.6 Å². The first kappa shape index (κ1) is 27.3. The van der Waals surface area contributed by atoms with Gasteiger partial charge in [0.25, 0.3) is 0 Å². The molecule has 38 heavy (non-hydrogen) atoms. The predicted octanol–water partition coefficient (Wildman–Crippen LogP) is 4.89. The highest BCUT2D eigenvalue weighted by molar-refractivity contribution is 5.87. The molecule has 0 aliphatic heterocycles. The second-order valence-electron chi connectivity index (χ2n) is 9.46. The van der Waals surface area contributed by atoms with Crippen LogP contribution in [0.4, 0.5) is 5.82 Å². The number of nitrogens with two attached hydrogens (primary N) is 1. The van der Waals surface area contributed by atoms with Gasteiger partial charge >= 0.3 is 0 Å². The summed E-state index contributed by atoms with van der Waals surface area (Å²) >= 11 is 0. The molecule has 0 radical (unpaired) electrons. The number of hydrogen-bond donors (Lipinski definition) is 3. The number of amides is 1. The summed E-state index contributed by atoms with van der Waals surface area (Å²) in [5, 5.41) is 11.7. The van der Waals surface area contributed by atoms with E-state index in [9.17, 15) is 4.79 Å². The standard InChI is InChI=1S/C28H33N7O2.ClH/c1-3-24(30-2)28(36)32-19-11-13-20(14-12-19)35-27-23(17-31-35)25(29)33-26(34-27)18-9-15-22(16-10-18)37-21-7-5-4-6-8-21;/h4-10,15-17,19-20,24,30H,3,11-14H2,1-2H3,(H,32,36)(H2,29,33,34);1H/t19?,20?,24-;/m1./s1. The normalized spacial score (nSPS) is 17.9. The van der Waals surface area contributed by atoms with Gasteiger partial charge in [0.1, 0.15) is 17.3 Å². The summed E-state index contributed by atoms with van der Waals surface area (Å²) in [6, 6.07) is 17.5. The van der Waals surface area contributed by atoms with E-state index in [0.717, 1.165) is 60.2 Å². The molecule has 200 valence electrons. The average molecular weight is 536 g/mol. The number of anilines is 1. The molecule has 0 saturated heterocycles. The zero-order chi connectivity index (χ0) is 25.8. The zero-order valence-corrected chi connectivity index (χ0v) is 22.4. The van der Waals surface area contributed by atoms with Gasteiger partial charge in [-0.05, 0) is 75.5 Å². The van der Waals surface area contributed by atoms with Gasteiger partial charge in [0.05, 0.1) is 23.7 Å². The molecule has 4 aromatic rings. The lowest BCUT2D eigenvalue weighted by Crippen LogP contribution is -2.47. The number of nitrogen functional groups attached to an aromatic ring is 1. The van der Waals surface area contributed by atoms with E-state index >= 15 is 0 Å². The molecule has 2 aromatic carbocycles.